The third kappa shape index (κ3) is 3.17. The molecule has 1 unspecified atom stereocenters. The normalized spacial score (nSPS) is 24.4. The van der Waals surface area contributed by atoms with Crippen LogP contribution in [0.3, 0.4) is 0 Å². The molecule has 5 nitrogen and oxygen atoms in total. The van der Waals surface area contributed by atoms with Crippen molar-refractivity contribution in [1.82, 2.24) is 14.7 Å². The summed E-state index contributed by atoms with van der Waals surface area (Å²) in [7, 11) is 3.94. The van der Waals surface area contributed by atoms with Gasteiger partial charge in [-0.1, -0.05) is 0 Å². The van der Waals surface area contributed by atoms with Crippen LogP contribution in [0.15, 0.2) is 12.4 Å². The fraction of sp³-hybridized carbons (Fsp3) is 0.692. The van der Waals surface area contributed by atoms with Gasteiger partial charge in [0.1, 0.15) is 6.29 Å². The van der Waals surface area contributed by atoms with Gasteiger partial charge in [-0.2, -0.15) is 5.10 Å². The molecule has 0 spiro atoms. The summed E-state index contributed by atoms with van der Waals surface area (Å²) in [5.74, 6) is 0. The van der Waals surface area contributed by atoms with Gasteiger partial charge in [-0.05, 0) is 19.9 Å². The Morgan fingerprint density at radius 1 is 1.67 bits per heavy atom. The molecule has 1 atom stereocenters. The molecule has 0 bridgehead atoms. The minimum atomic E-state index is -0.324. The zero-order valence-electron chi connectivity index (χ0n) is 11.1. The van der Waals surface area contributed by atoms with Crippen molar-refractivity contribution in [3.63, 3.8) is 0 Å². The van der Waals surface area contributed by atoms with Crippen LogP contribution in [-0.4, -0.2) is 47.8 Å². The van der Waals surface area contributed by atoms with Crippen molar-refractivity contribution in [2.45, 2.75) is 19.4 Å². The fourth-order valence-electron chi connectivity index (χ4n) is 2.59. The predicted molar refractivity (Wildman–Crippen MR) is 68.1 cm³/mol. The molecule has 0 aliphatic carbocycles. The van der Waals surface area contributed by atoms with E-state index >= 15 is 0 Å². The fourth-order valence-corrected chi connectivity index (χ4v) is 2.59. The molecule has 0 N–H and O–H groups in total. The topological polar surface area (TPSA) is 47.4 Å². The Kier molecular flexibility index (Phi) is 4.14. The molecule has 2 heterocycles. The van der Waals surface area contributed by atoms with Gasteiger partial charge in [0.15, 0.2) is 0 Å². The third-order valence-corrected chi connectivity index (χ3v) is 3.40. The van der Waals surface area contributed by atoms with Crippen molar-refractivity contribution in [3.8, 4) is 0 Å². The third-order valence-electron chi connectivity index (χ3n) is 3.40. The highest BCUT2D eigenvalue weighted by Crippen LogP contribution is 2.27. The van der Waals surface area contributed by atoms with Crippen molar-refractivity contribution in [2.24, 2.45) is 12.5 Å². The molecule has 0 saturated carbocycles. The number of hydrogen-bond acceptors (Lipinski definition) is 4. The molecule has 100 valence electrons. The van der Waals surface area contributed by atoms with E-state index < -0.39 is 0 Å². The second-order valence-corrected chi connectivity index (χ2v) is 5.33. The summed E-state index contributed by atoms with van der Waals surface area (Å²) < 4.78 is 7.25. The van der Waals surface area contributed by atoms with Crippen molar-refractivity contribution in [1.29, 1.82) is 0 Å². The standard InChI is InChI=1S/C13H21N3O2/c1-15(7-12-6-14-16(2)8-12)9-13(10-17)4-3-5-18-11-13/h6,8,10H,3-5,7,9,11H2,1-2H3. The molecule has 1 aromatic rings. The van der Waals surface area contributed by atoms with Crippen LogP contribution in [0.5, 0.6) is 0 Å². The van der Waals surface area contributed by atoms with Gasteiger partial charge >= 0.3 is 0 Å². The highest BCUT2D eigenvalue weighted by molar-refractivity contribution is 5.60. The highest BCUT2D eigenvalue weighted by atomic mass is 16.5. The Labute approximate surface area is 108 Å². The Hall–Kier alpha value is -1.20. The van der Waals surface area contributed by atoms with Crippen LogP contribution in [0.2, 0.25) is 0 Å². The molecular formula is C13H21N3O2. The number of aldehydes is 1. The summed E-state index contributed by atoms with van der Waals surface area (Å²) >= 11 is 0. The van der Waals surface area contributed by atoms with Gasteiger partial charge in [-0.25, -0.2) is 0 Å². The molecule has 18 heavy (non-hydrogen) atoms. The maximum absolute atomic E-state index is 11.4. The SMILES string of the molecule is CN(Cc1cnn(C)c1)CC1(C=O)CCCOC1. The van der Waals surface area contributed by atoms with Crippen LogP contribution in [-0.2, 0) is 23.1 Å². The Balaban J connectivity index is 1.92. The quantitative estimate of drug-likeness (QED) is 0.728. The Bertz CT molecular complexity index is 397. The second-order valence-electron chi connectivity index (χ2n) is 5.33. The Morgan fingerprint density at radius 2 is 2.50 bits per heavy atom. The van der Waals surface area contributed by atoms with Gasteiger partial charge in [0.25, 0.3) is 0 Å². The second kappa shape index (κ2) is 5.63. The first-order valence-electron chi connectivity index (χ1n) is 6.34. The molecular weight excluding hydrogens is 230 g/mol. The molecule has 1 saturated heterocycles. The van der Waals surface area contributed by atoms with E-state index in [1.807, 2.05) is 26.5 Å². The summed E-state index contributed by atoms with van der Waals surface area (Å²) in [6.07, 6.45) is 6.84. The van der Waals surface area contributed by atoms with E-state index in [1.165, 1.54) is 0 Å². The van der Waals surface area contributed by atoms with Crippen LogP contribution >= 0.6 is 0 Å². The van der Waals surface area contributed by atoms with Crippen molar-refractivity contribution >= 4 is 6.29 Å². The molecule has 2 rings (SSSR count). The van der Waals surface area contributed by atoms with E-state index in [4.69, 9.17) is 4.74 Å². The van der Waals surface area contributed by atoms with Gasteiger partial charge in [0, 0.05) is 38.5 Å². The number of carbonyl (C=O) groups is 1. The molecule has 0 radical (unpaired) electrons. The number of nitrogens with zero attached hydrogens (tertiary/aromatic N) is 3. The van der Waals surface area contributed by atoms with E-state index in [-0.39, 0.29) is 5.41 Å². The number of rotatable bonds is 5. The lowest BCUT2D eigenvalue weighted by molar-refractivity contribution is -0.125. The van der Waals surface area contributed by atoms with Crippen molar-refractivity contribution in [3.05, 3.63) is 18.0 Å². The lowest BCUT2D eigenvalue weighted by Gasteiger charge is -2.35. The first-order chi connectivity index (χ1) is 8.63. The molecule has 0 aromatic carbocycles. The smallest absolute Gasteiger partial charge is 0.129 e. The molecule has 1 aliphatic heterocycles. The number of carbonyl (C=O) groups excluding carboxylic acids is 1. The molecule has 5 heteroatoms. The number of aryl methyl sites for hydroxylation is 1. The summed E-state index contributed by atoms with van der Waals surface area (Å²) in [4.78, 5) is 13.5. The van der Waals surface area contributed by atoms with Crippen molar-refractivity contribution < 1.29 is 9.53 Å². The predicted octanol–water partition coefficient (Wildman–Crippen LogP) is 0.848. The summed E-state index contributed by atoms with van der Waals surface area (Å²) in [6, 6.07) is 0. The number of hydrogen-bond donors (Lipinski definition) is 0. The highest BCUT2D eigenvalue weighted by Gasteiger charge is 2.33. The zero-order chi connectivity index (χ0) is 13.0. The van der Waals surface area contributed by atoms with Crippen LogP contribution in [0.25, 0.3) is 0 Å². The summed E-state index contributed by atoms with van der Waals surface area (Å²) in [5, 5.41) is 4.15. The van der Waals surface area contributed by atoms with Gasteiger partial charge < -0.3 is 14.4 Å². The first kappa shape index (κ1) is 13.2. The number of ether oxygens (including phenoxy) is 1. The summed E-state index contributed by atoms with van der Waals surface area (Å²) in [5.41, 5.74) is 0.840. The number of aromatic nitrogens is 2. The van der Waals surface area contributed by atoms with E-state index in [0.717, 1.165) is 44.4 Å². The summed E-state index contributed by atoms with van der Waals surface area (Å²) in [6.45, 7) is 2.88. The molecule has 1 aliphatic rings. The molecule has 1 fully saturated rings. The minimum absolute atomic E-state index is 0.324. The van der Waals surface area contributed by atoms with Gasteiger partial charge in [-0.15, -0.1) is 0 Å². The van der Waals surface area contributed by atoms with E-state index in [2.05, 4.69) is 10.00 Å². The van der Waals surface area contributed by atoms with Gasteiger partial charge in [0.2, 0.25) is 0 Å². The lowest BCUT2D eigenvalue weighted by Crippen LogP contribution is -2.42. The monoisotopic (exact) mass is 251 g/mol. The average Bonchev–Trinajstić information content (AvgIpc) is 2.75. The van der Waals surface area contributed by atoms with Crippen LogP contribution in [0.4, 0.5) is 0 Å². The van der Waals surface area contributed by atoms with Crippen LogP contribution in [0, 0.1) is 5.41 Å². The van der Waals surface area contributed by atoms with Crippen LogP contribution in [0.1, 0.15) is 18.4 Å². The maximum atomic E-state index is 11.4. The van der Waals surface area contributed by atoms with E-state index in [0.29, 0.717) is 6.61 Å². The van der Waals surface area contributed by atoms with E-state index in [9.17, 15) is 4.79 Å². The largest absolute Gasteiger partial charge is 0.380 e. The zero-order valence-corrected chi connectivity index (χ0v) is 11.1. The maximum Gasteiger partial charge on any atom is 0.129 e. The average molecular weight is 251 g/mol. The van der Waals surface area contributed by atoms with Crippen LogP contribution < -0.4 is 0 Å². The van der Waals surface area contributed by atoms with Gasteiger partial charge in [0.05, 0.1) is 18.2 Å². The minimum Gasteiger partial charge on any atom is -0.380 e. The lowest BCUT2D eigenvalue weighted by atomic mass is 9.83. The first-order valence-corrected chi connectivity index (χ1v) is 6.34. The Morgan fingerprint density at radius 3 is 3.06 bits per heavy atom. The molecule has 1 aromatic heterocycles. The van der Waals surface area contributed by atoms with Crippen molar-refractivity contribution in [2.75, 3.05) is 26.8 Å². The van der Waals surface area contributed by atoms with Gasteiger partial charge in [-0.3, -0.25) is 4.68 Å². The molecule has 0 amide bonds. The van der Waals surface area contributed by atoms with E-state index in [1.54, 1.807) is 4.68 Å².